The van der Waals surface area contributed by atoms with Gasteiger partial charge in [0.25, 0.3) is 0 Å². The summed E-state index contributed by atoms with van der Waals surface area (Å²) in [5.41, 5.74) is 2.76. The van der Waals surface area contributed by atoms with E-state index in [9.17, 15) is 9.90 Å². The fraction of sp³-hybridized carbons (Fsp3) is 0.130. The molecule has 1 aromatic heterocycles. The minimum absolute atomic E-state index is 0.00291. The van der Waals surface area contributed by atoms with Gasteiger partial charge in [0.1, 0.15) is 5.75 Å². The van der Waals surface area contributed by atoms with Crippen molar-refractivity contribution in [2.75, 3.05) is 16.4 Å². The Labute approximate surface area is 193 Å². The van der Waals surface area contributed by atoms with Gasteiger partial charge in [-0.1, -0.05) is 54.2 Å². The maximum atomic E-state index is 13.5. The zero-order valence-electron chi connectivity index (χ0n) is 16.9. The summed E-state index contributed by atoms with van der Waals surface area (Å²) >= 11 is 3.06. The van der Waals surface area contributed by atoms with Crippen molar-refractivity contribution >= 4 is 35.1 Å². The molecule has 0 bridgehead atoms. The molecule has 1 atom stereocenters. The lowest BCUT2D eigenvalue weighted by atomic mass is 10.1. The van der Waals surface area contributed by atoms with Crippen LogP contribution in [-0.4, -0.2) is 42.7 Å². The number of anilines is 1. The molecule has 0 unspecified atom stereocenters. The summed E-state index contributed by atoms with van der Waals surface area (Å²) in [6.07, 6.45) is 0. The van der Waals surface area contributed by atoms with Gasteiger partial charge in [-0.3, -0.25) is 4.79 Å². The van der Waals surface area contributed by atoms with Gasteiger partial charge < -0.3 is 10.0 Å². The summed E-state index contributed by atoms with van der Waals surface area (Å²) in [4.78, 5) is 16.5. The number of hydrogen-bond donors (Lipinski definition) is 1. The predicted molar refractivity (Wildman–Crippen MR) is 125 cm³/mol. The first-order valence-electron chi connectivity index (χ1n) is 10.00. The number of fused-ring (bicyclic) bond motifs is 1. The number of aromatic hydroxyl groups is 1. The van der Waals surface area contributed by atoms with Gasteiger partial charge in [0.15, 0.2) is 0 Å². The largest absolute Gasteiger partial charge is 0.508 e. The number of thioether (sulfide) groups is 2. The summed E-state index contributed by atoms with van der Waals surface area (Å²) in [6.45, 7) is 0. The second-order valence-electron chi connectivity index (χ2n) is 7.15. The summed E-state index contributed by atoms with van der Waals surface area (Å²) in [6, 6.07) is 24.7. The minimum Gasteiger partial charge on any atom is -0.508 e. The zero-order valence-corrected chi connectivity index (χ0v) is 18.5. The molecule has 7 nitrogen and oxygen atoms in total. The molecule has 1 amide bonds. The van der Waals surface area contributed by atoms with Gasteiger partial charge in [-0.25, -0.2) is 0 Å². The van der Waals surface area contributed by atoms with Crippen molar-refractivity contribution in [1.29, 1.82) is 0 Å². The third kappa shape index (κ3) is 4.09. The van der Waals surface area contributed by atoms with Gasteiger partial charge >= 0.3 is 0 Å². The Morgan fingerprint density at radius 1 is 1.03 bits per heavy atom. The number of benzene rings is 3. The van der Waals surface area contributed by atoms with Crippen molar-refractivity contribution in [2.45, 2.75) is 16.1 Å². The maximum Gasteiger partial charge on any atom is 0.238 e. The Kier molecular flexibility index (Phi) is 5.83. The van der Waals surface area contributed by atoms with E-state index in [0.29, 0.717) is 10.8 Å². The van der Waals surface area contributed by atoms with Crippen LogP contribution in [0.5, 0.6) is 5.75 Å². The molecule has 0 saturated carbocycles. The SMILES string of the molecule is O=C(CSc1nnnn1-c1ccc(O)cc1)N1c2ccccc2SC[C@H]1c1ccccc1. The molecule has 0 spiro atoms. The van der Waals surface area contributed by atoms with Crippen LogP contribution in [0, 0.1) is 0 Å². The Hall–Kier alpha value is -3.30. The third-order valence-corrected chi connectivity index (χ3v) is 7.19. The highest BCUT2D eigenvalue weighted by molar-refractivity contribution is 8.00. The van der Waals surface area contributed by atoms with Gasteiger partial charge in [0.05, 0.1) is 23.2 Å². The van der Waals surface area contributed by atoms with Crippen LogP contribution in [0.15, 0.2) is 88.9 Å². The number of tetrazole rings is 1. The second-order valence-corrected chi connectivity index (χ2v) is 9.15. The van der Waals surface area contributed by atoms with Crippen LogP contribution in [-0.2, 0) is 4.79 Å². The summed E-state index contributed by atoms with van der Waals surface area (Å²) < 4.78 is 1.56. The topological polar surface area (TPSA) is 84.1 Å². The molecule has 1 N–H and O–H groups in total. The molecule has 3 aromatic carbocycles. The van der Waals surface area contributed by atoms with E-state index >= 15 is 0 Å². The van der Waals surface area contributed by atoms with E-state index in [1.165, 1.54) is 11.8 Å². The van der Waals surface area contributed by atoms with Crippen molar-refractivity contribution in [2.24, 2.45) is 0 Å². The van der Waals surface area contributed by atoms with Crippen LogP contribution >= 0.6 is 23.5 Å². The van der Waals surface area contributed by atoms with Crippen LogP contribution in [0.3, 0.4) is 0 Å². The van der Waals surface area contributed by atoms with Gasteiger partial charge in [-0.15, -0.1) is 16.9 Å². The van der Waals surface area contributed by atoms with E-state index in [-0.39, 0.29) is 23.5 Å². The van der Waals surface area contributed by atoms with Crippen molar-refractivity contribution < 1.29 is 9.90 Å². The molecular formula is C23H19N5O2S2. The summed E-state index contributed by atoms with van der Waals surface area (Å²) in [5.74, 6) is 1.15. The Morgan fingerprint density at radius 3 is 2.59 bits per heavy atom. The average molecular weight is 462 g/mol. The smallest absolute Gasteiger partial charge is 0.238 e. The molecule has 160 valence electrons. The van der Waals surface area contributed by atoms with Crippen LogP contribution in [0.1, 0.15) is 11.6 Å². The number of nitrogens with zero attached hydrogens (tertiary/aromatic N) is 5. The van der Waals surface area contributed by atoms with Crippen molar-refractivity contribution in [1.82, 2.24) is 20.2 Å². The normalized spacial score (nSPS) is 15.4. The van der Waals surface area contributed by atoms with Crippen LogP contribution in [0.25, 0.3) is 5.69 Å². The summed E-state index contributed by atoms with van der Waals surface area (Å²) in [5, 5.41) is 21.9. The molecule has 1 aliphatic rings. The average Bonchev–Trinajstić information content (AvgIpc) is 3.31. The van der Waals surface area contributed by atoms with Gasteiger partial charge in [0.2, 0.25) is 11.1 Å². The fourth-order valence-corrected chi connectivity index (χ4v) is 5.56. The molecular weight excluding hydrogens is 442 g/mol. The quantitative estimate of drug-likeness (QED) is 0.443. The molecule has 5 rings (SSSR count). The predicted octanol–water partition coefficient (Wildman–Crippen LogP) is 4.34. The molecule has 0 fully saturated rings. The zero-order chi connectivity index (χ0) is 21.9. The van der Waals surface area contributed by atoms with E-state index in [1.54, 1.807) is 40.7 Å². The Balaban J connectivity index is 1.40. The number of phenolic OH excluding ortho intramolecular Hbond substituents is 1. The first-order valence-corrected chi connectivity index (χ1v) is 12.0. The molecule has 9 heteroatoms. The lowest BCUT2D eigenvalue weighted by Crippen LogP contribution is -2.39. The van der Waals surface area contributed by atoms with E-state index in [0.717, 1.165) is 21.9 Å². The highest BCUT2D eigenvalue weighted by Gasteiger charge is 2.32. The Morgan fingerprint density at radius 2 is 1.78 bits per heavy atom. The molecule has 0 radical (unpaired) electrons. The van der Waals surface area contributed by atoms with Crippen molar-refractivity contribution in [3.63, 3.8) is 0 Å². The number of rotatable bonds is 5. The molecule has 0 saturated heterocycles. The van der Waals surface area contributed by atoms with Gasteiger partial charge in [0, 0.05) is 10.6 Å². The minimum atomic E-state index is -0.0442. The fourth-order valence-electron chi connectivity index (χ4n) is 3.64. The standard InChI is InChI=1S/C23H19N5O2S2/c29-18-12-10-17(11-13-18)28-23(24-25-26-28)32-15-22(30)27-19-8-4-5-9-21(19)31-14-20(27)16-6-2-1-3-7-16/h1-13,20,29H,14-15H2/t20-/m0/s1. The molecule has 0 aliphatic carbocycles. The van der Waals surface area contributed by atoms with E-state index in [2.05, 4.69) is 33.7 Å². The number of carbonyl (C=O) groups excluding carboxylic acids is 1. The van der Waals surface area contributed by atoms with Crippen LogP contribution in [0.4, 0.5) is 5.69 Å². The number of hydrogen-bond acceptors (Lipinski definition) is 7. The van der Waals surface area contributed by atoms with E-state index < -0.39 is 0 Å². The highest BCUT2D eigenvalue weighted by atomic mass is 32.2. The van der Waals surface area contributed by atoms with E-state index in [1.807, 2.05) is 41.3 Å². The maximum absolute atomic E-state index is 13.5. The number of carbonyl (C=O) groups is 1. The number of para-hydroxylation sites is 1. The first-order chi connectivity index (χ1) is 15.7. The van der Waals surface area contributed by atoms with Crippen LogP contribution in [0.2, 0.25) is 0 Å². The second kappa shape index (κ2) is 9.05. The molecule has 4 aromatic rings. The van der Waals surface area contributed by atoms with E-state index in [4.69, 9.17) is 0 Å². The van der Waals surface area contributed by atoms with Crippen molar-refractivity contribution in [3.8, 4) is 11.4 Å². The lowest BCUT2D eigenvalue weighted by Gasteiger charge is -2.37. The number of amides is 1. The first kappa shape index (κ1) is 20.6. The third-order valence-electron chi connectivity index (χ3n) is 5.15. The van der Waals surface area contributed by atoms with Gasteiger partial charge in [-0.2, -0.15) is 4.68 Å². The highest BCUT2D eigenvalue weighted by Crippen LogP contribution is 2.43. The number of phenols is 1. The summed E-state index contributed by atoms with van der Waals surface area (Å²) in [7, 11) is 0. The van der Waals surface area contributed by atoms with Gasteiger partial charge in [-0.05, 0) is 52.4 Å². The Bertz CT molecular complexity index is 1230. The van der Waals surface area contributed by atoms with Crippen molar-refractivity contribution in [3.05, 3.63) is 84.4 Å². The van der Waals surface area contributed by atoms with Crippen LogP contribution < -0.4 is 4.90 Å². The number of aromatic nitrogens is 4. The monoisotopic (exact) mass is 461 g/mol. The molecule has 1 aliphatic heterocycles. The lowest BCUT2D eigenvalue weighted by molar-refractivity contribution is -0.116. The molecule has 2 heterocycles. The molecule has 32 heavy (non-hydrogen) atoms.